The van der Waals surface area contributed by atoms with Gasteiger partial charge in [-0.15, -0.1) is 0 Å². The Morgan fingerprint density at radius 3 is 3.20 bits per heavy atom. The number of hydrogen-bond acceptors (Lipinski definition) is 4. The maximum Gasteiger partial charge on any atom is 0.143 e. The Bertz CT molecular complexity index is 334. The third-order valence-corrected chi connectivity index (χ3v) is 3.07. The summed E-state index contributed by atoms with van der Waals surface area (Å²) in [6.07, 6.45) is 5.68. The molecular weight excluding hydrogens is 258 g/mol. The van der Waals surface area contributed by atoms with E-state index in [9.17, 15) is 0 Å². The lowest BCUT2D eigenvalue weighted by atomic mass is 10.0. The molecule has 0 saturated carbocycles. The molecule has 2 atom stereocenters. The molecule has 1 saturated heterocycles. The minimum Gasteiger partial charge on any atom is -0.378 e. The van der Waals surface area contributed by atoms with Crippen molar-refractivity contribution in [2.75, 3.05) is 11.9 Å². The van der Waals surface area contributed by atoms with Gasteiger partial charge in [-0.05, 0) is 35.7 Å². The molecule has 1 aromatic heterocycles. The lowest BCUT2D eigenvalue weighted by Crippen LogP contribution is -2.32. The van der Waals surface area contributed by atoms with E-state index in [4.69, 9.17) is 4.74 Å². The summed E-state index contributed by atoms with van der Waals surface area (Å²) in [6.45, 7) is 2.92. The van der Waals surface area contributed by atoms with E-state index in [1.165, 1.54) is 0 Å². The fraction of sp³-hybridized carbons (Fsp3) is 0.600. The van der Waals surface area contributed by atoms with Crippen LogP contribution in [-0.2, 0) is 4.74 Å². The molecule has 2 rings (SSSR count). The van der Waals surface area contributed by atoms with Gasteiger partial charge in [-0.25, -0.2) is 9.97 Å². The Morgan fingerprint density at radius 2 is 2.47 bits per heavy atom. The van der Waals surface area contributed by atoms with Crippen LogP contribution < -0.4 is 5.32 Å². The molecule has 0 aliphatic carbocycles. The van der Waals surface area contributed by atoms with Gasteiger partial charge in [0.25, 0.3) is 0 Å². The predicted molar refractivity (Wildman–Crippen MR) is 61.8 cm³/mol. The van der Waals surface area contributed by atoms with Crippen molar-refractivity contribution < 1.29 is 4.74 Å². The normalized spacial score (nSPS) is 26.3. The van der Waals surface area contributed by atoms with Crippen LogP contribution in [0.4, 0.5) is 5.82 Å². The molecule has 0 amide bonds. The van der Waals surface area contributed by atoms with E-state index in [0.717, 1.165) is 29.7 Å². The molecule has 1 aromatic rings. The lowest BCUT2D eigenvalue weighted by molar-refractivity contribution is 0.0231. The van der Waals surface area contributed by atoms with E-state index in [-0.39, 0.29) is 0 Å². The first kappa shape index (κ1) is 10.8. The molecule has 1 aliphatic heterocycles. The second-order valence-corrected chi connectivity index (χ2v) is 4.62. The van der Waals surface area contributed by atoms with Crippen LogP contribution in [0.25, 0.3) is 0 Å². The van der Waals surface area contributed by atoms with Crippen LogP contribution in [0.3, 0.4) is 0 Å². The molecule has 1 aliphatic rings. The zero-order valence-corrected chi connectivity index (χ0v) is 10.2. The van der Waals surface area contributed by atoms with Crippen molar-refractivity contribution in [3.8, 4) is 0 Å². The molecule has 4 nitrogen and oxygen atoms in total. The molecule has 0 radical (unpaired) electrons. The molecule has 1 fully saturated rings. The Labute approximate surface area is 97.6 Å². The largest absolute Gasteiger partial charge is 0.378 e. The van der Waals surface area contributed by atoms with E-state index in [2.05, 4.69) is 38.1 Å². The standard InChI is InChI=1S/C10H14BrN3O/c1-7-4-8(2-3-15-7)14-10-9(11)5-12-6-13-10/h5-8H,2-4H2,1H3,(H,12,13,14). The molecule has 15 heavy (non-hydrogen) atoms. The van der Waals surface area contributed by atoms with Gasteiger partial charge >= 0.3 is 0 Å². The first-order valence-electron chi connectivity index (χ1n) is 5.09. The number of aromatic nitrogens is 2. The van der Waals surface area contributed by atoms with Gasteiger partial charge in [-0.2, -0.15) is 0 Å². The van der Waals surface area contributed by atoms with Gasteiger partial charge in [0.15, 0.2) is 0 Å². The molecule has 5 heteroatoms. The second-order valence-electron chi connectivity index (χ2n) is 3.77. The molecular formula is C10H14BrN3O. The quantitative estimate of drug-likeness (QED) is 0.896. The number of hydrogen-bond donors (Lipinski definition) is 1. The van der Waals surface area contributed by atoms with Crippen molar-refractivity contribution in [2.24, 2.45) is 0 Å². The van der Waals surface area contributed by atoms with Gasteiger partial charge in [0, 0.05) is 18.8 Å². The number of rotatable bonds is 2. The summed E-state index contributed by atoms with van der Waals surface area (Å²) >= 11 is 3.42. The Kier molecular flexibility index (Phi) is 3.53. The van der Waals surface area contributed by atoms with Crippen molar-refractivity contribution >= 4 is 21.7 Å². The van der Waals surface area contributed by atoms with Crippen LogP contribution >= 0.6 is 15.9 Å². The van der Waals surface area contributed by atoms with Crippen LogP contribution in [0, 0.1) is 0 Å². The third-order valence-electron chi connectivity index (χ3n) is 2.49. The summed E-state index contributed by atoms with van der Waals surface area (Å²) in [5, 5.41) is 3.40. The monoisotopic (exact) mass is 271 g/mol. The molecule has 2 unspecified atom stereocenters. The smallest absolute Gasteiger partial charge is 0.143 e. The molecule has 82 valence electrons. The van der Waals surface area contributed by atoms with Gasteiger partial charge in [0.1, 0.15) is 12.1 Å². The topological polar surface area (TPSA) is 47.0 Å². The SMILES string of the molecule is CC1CC(Nc2ncncc2Br)CCO1. The van der Waals surface area contributed by atoms with E-state index >= 15 is 0 Å². The van der Waals surface area contributed by atoms with E-state index in [1.54, 1.807) is 12.5 Å². The number of nitrogens with zero attached hydrogens (tertiary/aromatic N) is 2. The van der Waals surface area contributed by atoms with E-state index in [1.807, 2.05) is 0 Å². The molecule has 1 N–H and O–H groups in total. The van der Waals surface area contributed by atoms with Gasteiger partial charge in [-0.3, -0.25) is 0 Å². The third kappa shape index (κ3) is 2.89. The van der Waals surface area contributed by atoms with Crippen molar-refractivity contribution in [1.29, 1.82) is 0 Å². The molecule has 0 spiro atoms. The van der Waals surface area contributed by atoms with Crippen LogP contribution in [0.15, 0.2) is 17.0 Å². The number of halogens is 1. The molecule has 0 aromatic carbocycles. The van der Waals surface area contributed by atoms with Crippen molar-refractivity contribution in [1.82, 2.24) is 9.97 Å². The summed E-state index contributed by atoms with van der Waals surface area (Å²) in [4.78, 5) is 8.12. The molecule has 0 bridgehead atoms. The number of nitrogens with one attached hydrogen (secondary N) is 1. The highest BCUT2D eigenvalue weighted by Crippen LogP contribution is 2.22. The number of ether oxygens (including phenoxy) is 1. The minimum atomic E-state index is 0.330. The van der Waals surface area contributed by atoms with Gasteiger partial charge in [0.05, 0.1) is 10.6 Å². The van der Waals surface area contributed by atoms with Crippen LogP contribution in [0.5, 0.6) is 0 Å². The number of anilines is 1. The van der Waals surface area contributed by atoms with Gasteiger partial charge in [-0.1, -0.05) is 0 Å². The Hall–Kier alpha value is -0.680. The second kappa shape index (κ2) is 4.90. The average molecular weight is 272 g/mol. The van der Waals surface area contributed by atoms with Gasteiger partial charge in [0.2, 0.25) is 0 Å². The average Bonchev–Trinajstić information content (AvgIpc) is 2.22. The summed E-state index contributed by atoms with van der Waals surface area (Å²) in [6, 6.07) is 0.444. The summed E-state index contributed by atoms with van der Waals surface area (Å²) in [5.74, 6) is 0.865. The highest BCUT2D eigenvalue weighted by molar-refractivity contribution is 9.10. The van der Waals surface area contributed by atoms with Crippen LogP contribution in [-0.4, -0.2) is 28.7 Å². The van der Waals surface area contributed by atoms with Crippen molar-refractivity contribution in [2.45, 2.75) is 31.9 Å². The first-order chi connectivity index (χ1) is 7.25. The van der Waals surface area contributed by atoms with Gasteiger partial charge < -0.3 is 10.1 Å². The minimum absolute atomic E-state index is 0.330. The van der Waals surface area contributed by atoms with Crippen LogP contribution in [0.2, 0.25) is 0 Å². The van der Waals surface area contributed by atoms with Crippen molar-refractivity contribution in [3.05, 3.63) is 17.0 Å². The lowest BCUT2D eigenvalue weighted by Gasteiger charge is -2.28. The van der Waals surface area contributed by atoms with E-state index in [0.29, 0.717) is 12.1 Å². The van der Waals surface area contributed by atoms with E-state index < -0.39 is 0 Å². The predicted octanol–water partition coefficient (Wildman–Crippen LogP) is 2.22. The maximum atomic E-state index is 5.49. The zero-order chi connectivity index (χ0) is 10.7. The Morgan fingerprint density at radius 1 is 1.60 bits per heavy atom. The fourth-order valence-corrected chi connectivity index (χ4v) is 2.08. The first-order valence-corrected chi connectivity index (χ1v) is 5.88. The Balaban J connectivity index is 1.99. The highest BCUT2D eigenvalue weighted by Gasteiger charge is 2.19. The van der Waals surface area contributed by atoms with Crippen LogP contribution in [0.1, 0.15) is 19.8 Å². The summed E-state index contributed by atoms with van der Waals surface area (Å²) < 4.78 is 6.40. The highest BCUT2D eigenvalue weighted by atomic mass is 79.9. The maximum absolute atomic E-state index is 5.49. The summed E-state index contributed by atoms with van der Waals surface area (Å²) in [7, 11) is 0. The van der Waals surface area contributed by atoms with Crippen molar-refractivity contribution in [3.63, 3.8) is 0 Å². The fourth-order valence-electron chi connectivity index (χ4n) is 1.74. The summed E-state index contributed by atoms with van der Waals surface area (Å²) in [5.41, 5.74) is 0. The molecule has 2 heterocycles. The zero-order valence-electron chi connectivity index (χ0n) is 8.61.